The molecule has 1 atom stereocenters. The molecule has 27 heavy (non-hydrogen) atoms. The van der Waals surface area contributed by atoms with E-state index in [0.717, 1.165) is 17.5 Å². The Balaban J connectivity index is 1.95. The van der Waals surface area contributed by atoms with Gasteiger partial charge in [-0.1, -0.05) is 18.2 Å². The molecule has 0 aliphatic carbocycles. The van der Waals surface area contributed by atoms with Crippen molar-refractivity contribution in [1.29, 1.82) is 0 Å². The molecule has 0 unspecified atom stereocenters. The van der Waals surface area contributed by atoms with Crippen molar-refractivity contribution in [3.05, 3.63) is 64.4 Å². The molecule has 0 aliphatic heterocycles. The third-order valence-corrected chi connectivity index (χ3v) is 5.35. The van der Waals surface area contributed by atoms with E-state index in [9.17, 15) is 27.3 Å². The average Bonchev–Trinajstić information content (AvgIpc) is 3.05. The van der Waals surface area contributed by atoms with E-state index in [2.05, 4.69) is 5.32 Å². The zero-order valence-electron chi connectivity index (χ0n) is 13.9. The quantitative estimate of drug-likeness (QED) is 0.486. The van der Waals surface area contributed by atoms with Crippen molar-refractivity contribution >= 4 is 32.2 Å². The molecule has 3 rings (SSSR count). The zero-order chi connectivity index (χ0) is 19.8. The van der Waals surface area contributed by atoms with Crippen LogP contribution in [0.3, 0.4) is 0 Å². The summed E-state index contributed by atoms with van der Waals surface area (Å²) in [6, 6.07) is 11.2. The topological polar surface area (TPSA) is 102 Å². The van der Waals surface area contributed by atoms with Crippen molar-refractivity contribution in [3.63, 3.8) is 0 Å². The summed E-state index contributed by atoms with van der Waals surface area (Å²) < 4.78 is 54.1. The maximum absolute atomic E-state index is 12.7. The van der Waals surface area contributed by atoms with Gasteiger partial charge in [0.1, 0.15) is 17.0 Å². The number of anilines is 1. The number of hydrogen-bond donors (Lipinski definition) is 1. The highest BCUT2D eigenvalue weighted by Crippen LogP contribution is 2.33. The van der Waals surface area contributed by atoms with Gasteiger partial charge in [-0.3, -0.25) is 10.1 Å². The Morgan fingerprint density at radius 1 is 1.15 bits per heavy atom. The van der Waals surface area contributed by atoms with Gasteiger partial charge in [-0.25, -0.2) is 8.42 Å². The van der Waals surface area contributed by atoms with E-state index in [4.69, 9.17) is 4.42 Å². The fraction of sp³-hybridized carbons (Fsp3) is 0.176. The smallest absolute Gasteiger partial charge is 0.341 e. The molecule has 7 nitrogen and oxygen atoms in total. The second-order valence-corrected chi connectivity index (χ2v) is 7.71. The number of para-hydroxylation sites is 1. The summed E-state index contributed by atoms with van der Waals surface area (Å²) in [6.45, 7) is 1.70. The highest BCUT2D eigenvalue weighted by molar-refractivity contribution is 7.91. The molecule has 0 fully saturated rings. The molecule has 142 valence electrons. The number of halogens is 2. The van der Waals surface area contributed by atoms with Crippen LogP contribution < -0.4 is 5.32 Å². The summed E-state index contributed by atoms with van der Waals surface area (Å²) in [4.78, 5) is 9.64. The predicted molar refractivity (Wildman–Crippen MR) is 94.5 cm³/mol. The Labute approximate surface area is 152 Å². The summed E-state index contributed by atoms with van der Waals surface area (Å²) in [5.74, 6) is -3.15. The lowest BCUT2D eigenvalue weighted by Gasteiger charge is -2.14. The van der Waals surface area contributed by atoms with Gasteiger partial charge in [-0.15, -0.1) is 0 Å². The first-order chi connectivity index (χ1) is 12.7. The third kappa shape index (κ3) is 3.61. The van der Waals surface area contributed by atoms with E-state index < -0.39 is 37.1 Å². The number of furan rings is 1. The van der Waals surface area contributed by atoms with Crippen molar-refractivity contribution in [2.45, 2.75) is 23.6 Å². The molecule has 0 amide bonds. The van der Waals surface area contributed by atoms with Crippen molar-refractivity contribution < 1.29 is 26.5 Å². The van der Waals surface area contributed by atoms with Gasteiger partial charge >= 0.3 is 5.76 Å². The molecule has 1 aromatic heterocycles. The Bertz CT molecular complexity index is 1080. The minimum Gasteiger partial charge on any atom is -0.459 e. The van der Waals surface area contributed by atoms with Gasteiger partial charge in [0.15, 0.2) is 0 Å². The van der Waals surface area contributed by atoms with E-state index in [1.165, 1.54) is 0 Å². The van der Waals surface area contributed by atoms with Crippen LogP contribution in [0.5, 0.6) is 0 Å². The van der Waals surface area contributed by atoms with E-state index in [-0.39, 0.29) is 5.69 Å². The SMILES string of the molecule is C[C@@H](Nc1ccc(S(=O)(=O)C(F)F)cc1[N+](=O)[O-])c1cc2ccccc2o1. The number of fused-ring (bicyclic) bond motifs is 1. The van der Waals surface area contributed by atoms with Gasteiger partial charge in [0.05, 0.1) is 15.9 Å². The normalized spacial score (nSPS) is 13.0. The first-order valence-electron chi connectivity index (χ1n) is 7.75. The Kier molecular flexibility index (Phi) is 4.83. The third-order valence-electron chi connectivity index (χ3n) is 3.97. The second kappa shape index (κ2) is 6.95. The van der Waals surface area contributed by atoms with E-state index in [1.807, 2.05) is 12.1 Å². The highest BCUT2D eigenvalue weighted by Gasteiger charge is 2.29. The van der Waals surface area contributed by atoms with Crippen LogP contribution in [0.1, 0.15) is 18.7 Å². The van der Waals surface area contributed by atoms with E-state index >= 15 is 0 Å². The lowest BCUT2D eigenvalue weighted by atomic mass is 10.2. The molecule has 0 spiro atoms. The number of nitro benzene ring substituents is 1. The van der Waals surface area contributed by atoms with Crippen LogP contribution in [0, 0.1) is 10.1 Å². The average molecular weight is 396 g/mol. The minimum absolute atomic E-state index is 0.0128. The van der Waals surface area contributed by atoms with Crippen LogP contribution in [0.25, 0.3) is 11.0 Å². The van der Waals surface area contributed by atoms with Gasteiger partial charge in [-0.05, 0) is 31.2 Å². The van der Waals surface area contributed by atoms with Crippen molar-refractivity contribution in [3.8, 4) is 0 Å². The molecule has 0 saturated heterocycles. The van der Waals surface area contributed by atoms with Gasteiger partial charge in [0, 0.05) is 11.5 Å². The molecular formula is C17H14F2N2O5S. The van der Waals surface area contributed by atoms with Crippen molar-refractivity contribution in [2.75, 3.05) is 5.32 Å². The summed E-state index contributed by atoms with van der Waals surface area (Å²) in [5, 5.41) is 15.0. The van der Waals surface area contributed by atoms with Crippen LogP contribution in [-0.2, 0) is 9.84 Å². The molecule has 1 N–H and O–H groups in total. The summed E-state index contributed by atoms with van der Waals surface area (Å²) in [5.41, 5.74) is 0.00915. The Morgan fingerprint density at radius 2 is 1.85 bits per heavy atom. The van der Waals surface area contributed by atoms with E-state index in [0.29, 0.717) is 17.4 Å². The molecule has 0 saturated carbocycles. The lowest BCUT2D eigenvalue weighted by Crippen LogP contribution is -2.13. The van der Waals surface area contributed by atoms with Gasteiger partial charge in [-0.2, -0.15) is 8.78 Å². The molecule has 0 bridgehead atoms. The number of nitrogens with one attached hydrogen (secondary N) is 1. The number of nitrogens with zero attached hydrogens (tertiary/aromatic N) is 1. The van der Waals surface area contributed by atoms with Crippen molar-refractivity contribution in [2.24, 2.45) is 0 Å². The maximum Gasteiger partial charge on any atom is 0.341 e. The highest BCUT2D eigenvalue weighted by atomic mass is 32.2. The van der Waals surface area contributed by atoms with Crippen LogP contribution in [0.4, 0.5) is 20.2 Å². The van der Waals surface area contributed by atoms with Crippen LogP contribution in [0.15, 0.2) is 57.8 Å². The first kappa shape index (κ1) is 18.8. The van der Waals surface area contributed by atoms with Gasteiger partial charge in [0.2, 0.25) is 9.84 Å². The molecule has 10 heteroatoms. The largest absolute Gasteiger partial charge is 0.459 e. The van der Waals surface area contributed by atoms with Crippen LogP contribution >= 0.6 is 0 Å². The molecule has 0 radical (unpaired) electrons. The number of sulfone groups is 1. The Hall–Kier alpha value is -3.01. The zero-order valence-corrected chi connectivity index (χ0v) is 14.7. The number of alkyl halides is 2. The molecule has 3 aromatic rings. The fourth-order valence-corrected chi connectivity index (χ4v) is 3.32. The molecule has 2 aromatic carbocycles. The number of rotatable bonds is 6. The lowest BCUT2D eigenvalue weighted by molar-refractivity contribution is -0.384. The number of benzene rings is 2. The number of hydrogen-bond acceptors (Lipinski definition) is 6. The monoisotopic (exact) mass is 396 g/mol. The maximum atomic E-state index is 12.7. The fourth-order valence-electron chi connectivity index (χ4n) is 2.58. The summed E-state index contributed by atoms with van der Waals surface area (Å²) in [7, 11) is -4.93. The van der Waals surface area contributed by atoms with Gasteiger partial charge in [0.25, 0.3) is 5.69 Å². The van der Waals surface area contributed by atoms with Crippen LogP contribution in [-0.4, -0.2) is 19.1 Å². The summed E-state index contributed by atoms with van der Waals surface area (Å²) >= 11 is 0. The van der Waals surface area contributed by atoms with E-state index in [1.54, 1.807) is 25.1 Å². The molecular weight excluding hydrogens is 382 g/mol. The molecule has 1 heterocycles. The van der Waals surface area contributed by atoms with Gasteiger partial charge < -0.3 is 9.73 Å². The standard InChI is InChI=1S/C17H14F2N2O5S/c1-10(16-8-11-4-2-3-5-15(11)26-16)20-13-7-6-12(9-14(13)21(22)23)27(24,25)17(18)19/h2-10,17,20H,1H3/t10-/m1/s1. The van der Waals surface area contributed by atoms with Crippen LogP contribution in [0.2, 0.25) is 0 Å². The Morgan fingerprint density at radius 3 is 2.48 bits per heavy atom. The molecule has 0 aliphatic rings. The summed E-state index contributed by atoms with van der Waals surface area (Å²) in [6.07, 6.45) is 0. The predicted octanol–water partition coefficient (Wildman–Crippen LogP) is 4.51. The second-order valence-electron chi connectivity index (χ2n) is 5.79. The number of nitro groups is 1. The minimum atomic E-state index is -4.93. The van der Waals surface area contributed by atoms with Crippen molar-refractivity contribution in [1.82, 2.24) is 0 Å². The first-order valence-corrected chi connectivity index (χ1v) is 9.30.